The Morgan fingerprint density at radius 3 is 2.43 bits per heavy atom. The van der Waals surface area contributed by atoms with Gasteiger partial charge in [0.2, 0.25) is 0 Å². The van der Waals surface area contributed by atoms with Crippen LogP contribution in [0, 0.1) is 13.8 Å². The highest BCUT2D eigenvalue weighted by molar-refractivity contribution is 5.85. The Balaban J connectivity index is 0.000000980. The molecule has 6 heteroatoms. The average molecular weight is 215 g/mol. The first kappa shape index (κ1) is 10.6. The van der Waals surface area contributed by atoms with E-state index in [1.807, 2.05) is 19.9 Å². The smallest absolute Gasteiger partial charge is 0.273 e. The molecule has 0 aliphatic heterocycles. The van der Waals surface area contributed by atoms with Crippen LogP contribution in [0.3, 0.4) is 0 Å². The minimum absolute atomic E-state index is 0. The molecule has 0 atom stereocenters. The summed E-state index contributed by atoms with van der Waals surface area (Å²) in [5.74, 6) is 0. The summed E-state index contributed by atoms with van der Waals surface area (Å²) in [4.78, 5) is 11.3. The van der Waals surface area contributed by atoms with Crippen LogP contribution in [-0.2, 0) is 0 Å². The van der Waals surface area contributed by atoms with Crippen LogP contribution in [0.5, 0.6) is 0 Å². The minimum Gasteiger partial charge on any atom is -0.302 e. The van der Waals surface area contributed by atoms with Gasteiger partial charge in [0.05, 0.1) is 11.3 Å². The van der Waals surface area contributed by atoms with Crippen LogP contribution in [0.25, 0.3) is 11.3 Å². The molecule has 2 aromatic heterocycles. The van der Waals surface area contributed by atoms with Gasteiger partial charge in [-0.1, -0.05) is 0 Å². The molecule has 0 radical (unpaired) electrons. The van der Waals surface area contributed by atoms with E-state index >= 15 is 0 Å². The van der Waals surface area contributed by atoms with Gasteiger partial charge < -0.3 is 5.10 Å². The number of nitrogens with one attached hydrogen (secondary N) is 3. The van der Waals surface area contributed by atoms with Gasteiger partial charge >= 0.3 is 0 Å². The number of halogens is 1. The summed E-state index contributed by atoms with van der Waals surface area (Å²) in [6.45, 7) is 3.73. The Kier molecular flexibility index (Phi) is 2.81. The molecule has 0 bridgehead atoms. The van der Waals surface area contributed by atoms with E-state index in [9.17, 15) is 4.79 Å². The van der Waals surface area contributed by atoms with Gasteiger partial charge in [0.15, 0.2) is 0 Å². The lowest BCUT2D eigenvalue weighted by molar-refractivity contribution is 1.02. The monoisotopic (exact) mass is 214 g/mol. The first-order chi connectivity index (χ1) is 6.18. The third-order valence-electron chi connectivity index (χ3n) is 1.93. The van der Waals surface area contributed by atoms with E-state index in [0.717, 1.165) is 11.4 Å². The van der Waals surface area contributed by atoms with Crippen molar-refractivity contribution in [2.24, 2.45) is 0 Å². The van der Waals surface area contributed by atoms with E-state index in [4.69, 9.17) is 0 Å². The summed E-state index contributed by atoms with van der Waals surface area (Å²) in [7, 11) is 0. The highest BCUT2D eigenvalue weighted by Gasteiger charge is 2.10. The van der Waals surface area contributed by atoms with Crippen LogP contribution >= 0.6 is 12.4 Å². The number of rotatable bonds is 1. The Morgan fingerprint density at radius 2 is 2.00 bits per heavy atom. The summed E-state index contributed by atoms with van der Waals surface area (Å²) in [6.07, 6.45) is 0. The van der Waals surface area contributed by atoms with Gasteiger partial charge in [0.25, 0.3) is 5.56 Å². The summed E-state index contributed by atoms with van der Waals surface area (Å²) in [5, 5.41) is 12.1. The van der Waals surface area contributed by atoms with Crippen LogP contribution in [0.1, 0.15) is 11.4 Å². The average Bonchev–Trinajstić information content (AvgIpc) is 2.60. The SMILES string of the molecule is Cc1cc(-c2c(C)[nH][nH]c2=O)n[nH]1.Cl. The van der Waals surface area contributed by atoms with Crippen LogP contribution < -0.4 is 5.56 Å². The number of hydrogen-bond donors (Lipinski definition) is 3. The van der Waals surface area contributed by atoms with Crippen molar-refractivity contribution in [2.75, 3.05) is 0 Å². The molecule has 0 amide bonds. The second kappa shape index (κ2) is 3.71. The molecular formula is C8H11ClN4O. The topological polar surface area (TPSA) is 77.3 Å². The highest BCUT2D eigenvalue weighted by Crippen LogP contribution is 2.15. The van der Waals surface area contributed by atoms with E-state index in [2.05, 4.69) is 20.4 Å². The van der Waals surface area contributed by atoms with Crippen molar-refractivity contribution in [1.29, 1.82) is 0 Å². The standard InChI is InChI=1S/C8H10N4O.ClH/c1-4-3-6(11-9-4)7-5(2)10-12-8(7)13;/h3H,1-2H3,(H,9,11)(H2,10,12,13);1H. The normalized spacial score (nSPS) is 9.86. The van der Waals surface area contributed by atoms with Crippen molar-refractivity contribution in [2.45, 2.75) is 13.8 Å². The summed E-state index contributed by atoms with van der Waals surface area (Å²) < 4.78 is 0. The van der Waals surface area contributed by atoms with Crippen molar-refractivity contribution < 1.29 is 0 Å². The lowest BCUT2D eigenvalue weighted by Gasteiger charge is -1.88. The number of nitrogens with zero attached hydrogens (tertiary/aromatic N) is 1. The molecule has 2 heterocycles. The molecule has 0 unspecified atom stereocenters. The van der Waals surface area contributed by atoms with Gasteiger partial charge in [-0.3, -0.25) is 15.0 Å². The van der Waals surface area contributed by atoms with E-state index in [-0.39, 0.29) is 18.0 Å². The second-order valence-corrected chi connectivity index (χ2v) is 3.02. The lowest BCUT2D eigenvalue weighted by atomic mass is 10.2. The number of aromatic nitrogens is 4. The zero-order valence-corrected chi connectivity index (χ0v) is 8.66. The molecule has 2 aromatic rings. The van der Waals surface area contributed by atoms with Crippen molar-refractivity contribution in [1.82, 2.24) is 20.4 Å². The number of aromatic amines is 3. The van der Waals surface area contributed by atoms with Crippen molar-refractivity contribution in [3.05, 3.63) is 27.8 Å². The summed E-state index contributed by atoms with van der Waals surface area (Å²) >= 11 is 0. The highest BCUT2D eigenvalue weighted by atomic mass is 35.5. The van der Waals surface area contributed by atoms with Crippen LogP contribution in [0.4, 0.5) is 0 Å². The van der Waals surface area contributed by atoms with Crippen molar-refractivity contribution >= 4 is 12.4 Å². The van der Waals surface area contributed by atoms with Gasteiger partial charge in [-0.05, 0) is 19.9 Å². The van der Waals surface area contributed by atoms with E-state index in [0.29, 0.717) is 11.3 Å². The third-order valence-corrected chi connectivity index (χ3v) is 1.93. The Morgan fingerprint density at radius 1 is 1.29 bits per heavy atom. The number of aryl methyl sites for hydroxylation is 2. The number of H-pyrrole nitrogens is 3. The molecule has 14 heavy (non-hydrogen) atoms. The molecule has 0 saturated carbocycles. The lowest BCUT2D eigenvalue weighted by Crippen LogP contribution is -2.01. The maximum atomic E-state index is 11.3. The molecule has 0 saturated heterocycles. The maximum Gasteiger partial charge on any atom is 0.273 e. The van der Waals surface area contributed by atoms with Crippen molar-refractivity contribution in [3.8, 4) is 11.3 Å². The molecule has 0 aliphatic rings. The molecule has 5 nitrogen and oxygen atoms in total. The fourth-order valence-electron chi connectivity index (χ4n) is 1.30. The molecule has 0 aromatic carbocycles. The van der Waals surface area contributed by atoms with E-state index in [1.165, 1.54) is 0 Å². The Hall–Kier alpha value is -1.49. The molecule has 2 rings (SSSR count). The molecule has 0 spiro atoms. The van der Waals surface area contributed by atoms with Gasteiger partial charge in [0, 0.05) is 11.4 Å². The maximum absolute atomic E-state index is 11.3. The Labute approximate surface area is 86.3 Å². The van der Waals surface area contributed by atoms with Crippen LogP contribution in [-0.4, -0.2) is 20.4 Å². The molecule has 0 fully saturated rings. The first-order valence-electron chi connectivity index (χ1n) is 3.98. The fourth-order valence-corrected chi connectivity index (χ4v) is 1.30. The summed E-state index contributed by atoms with van der Waals surface area (Å²) in [5.41, 5.74) is 2.89. The van der Waals surface area contributed by atoms with E-state index < -0.39 is 0 Å². The Bertz CT molecular complexity index is 481. The fraction of sp³-hybridized carbons (Fsp3) is 0.250. The molecule has 3 N–H and O–H groups in total. The largest absolute Gasteiger partial charge is 0.302 e. The van der Waals surface area contributed by atoms with Gasteiger partial charge in [-0.2, -0.15) is 5.10 Å². The van der Waals surface area contributed by atoms with E-state index in [1.54, 1.807) is 0 Å². The predicted octanol–water partition coefficient (Wildman–Crippen LogP) is 1.13. The quantitative estimate of drug-likeness (QED) is 0.666. The van der Waals surface area contributed by atoms with Crippen molar-refractivity contribution in [3.63, 3.8) is 0 Å². The molecule has 76 valence electrons. The van der Waals surface area contributed by atoms with Crippen LogP contribution in [0.2, 0.25) is 0 Å². The summed E-state index contributed by atoms with van der Waals surface area (Å²) in [6, 6.07) is 1.84. The second-order valence-electron chi connectivity index (χ2n) is 3.02. The third kappa shape index (κ3) is 1.58. The van der Waals surface area contributed by atoms with Gasteiger partial charge in [-0.25, -0.2) is 0 Å². The zero-order valence-electron chi connectivity index (χ0n) is 7.84. The minimum atomic E-state index is -0.135. The van der Waals surface area contributed by atoms with Crippen LogP contribution in [0.15, 0.2) is 10.9 Å². The molecule has 0 aliphatic carbocycles. The molecular weight excluding hydrogens is 204 g/mol. The van der Waals surface area contributed by atoms with Gasteiger partial charge in [-0.15, -0.1) is 12.4 Å². The van der Waals surface area contributed by atoms with Gasteiger partial charge in [0.1, 0.15) is 0 Å². The zero-order chi connectivity index (χ0) is 9.42. The predicted molar refractivity (Wildman–Crippen MR) is 55.7 cm³/mol. The first-order valence-corrected chi connectivity index (χ1v) is 3.98. The number of hydrogen-bond acceptors (Lipinski definition) is 2.